The summed E-state index contributed by atoms with van der Waals surface area (Å²) < 4.78 is 15.6. The summed E-state index contributed by atoms with van der Waals surface area (Å²) in [4.78, 5) is 11.6. The van der Waals surface area contributed by atoms with Crippen LogP contribution in [0.2, 0.25) is 0 Å². The Kier molecular flexibility index (Phi) is 5.43. The summed E-state index contributed by atoms with van der Waals surface area (Å²) in [6, 6.07) is 14.7. The van der Waals surface area contributed by atoms with E-state index in [4.69, 9.17) is 5.21 Å². The molecule has 2 aromatic carbocycles. The zero-order valence-electron chi connectivity index (χ0n) is 14.4. The molecule has 3 rings (SSSR count). The van der Waals surface area contributed by atoms with Gasteiger partial charge in [0.15, 0.2) is 0 Å². The monoisotopic (exact) mass is 353 g/mol. The molecule has 26 heavy (non-hydrogen) atoms. The highest BCUT2D eigenvalue weighted by atomic mass is 19.1. The fourth-order valence-corrected chi connectivity index (χ4v) is 3.00. The third-order valence-electron chi connectivity index (χ3n) is 4.44. The van der Waals surface area contributed by atoms with Gasteiger partial charge in [-0.25, -0.2) is 14.6 Å². The lowest BCUT2D eigenvalue weighted by molar-refractivity contribution is -0.128. The van der Waals surface area contributed by atoms with Gasteiger partial charge < -0.3 is 0 Å². The van der Waals surface area contributed by atoms with Gasteiger partial charge in [0.05, 0.1) is 18.3 Å². The normalized spacial score (nSPS) is 10.7. The van der Waals surface area contributed by atoms with Gasteiger partial charge in [0.2, 0.25) is 5.91 Å². The van der Waals surface area contributed by atoms with E-state index in [0.29, 0.717) is 18.4 Å². The summed E-state index contributed by atoms with van der Waals surface area (Å²) >= 11 is 0. The van der Waals surface area contributed by atoms with E-state index >= 15 is 0 Å². The van der Waals surface area contributed by atoms with Crippen molar-refractivity contribution in [3.8, 4) is 5.69 Å². The minimum Gasteiger partial charge on any atom is -0.289 e. The molecule has 2 N–H and O–H groups in total. The summed E-state index contributed by atoms with van der Waals surface area (Å²) in [5.74, 6) is -0.722. The van der Waals surface area contributed by atoms with Crippen LogP contribution in [0.1, 0.15) is 22.4 Å². The maximum absolute atomic E-state index is 13.8. The van der Waals surface area contributed by atoms with Crippen molar-refractivity contribution in [2.24, 2.45) is 0 Å². The number of rotatable bonds is 6. The number of aryl methyl sites for hydroxylation is 1. The Morgan fingerprint density at radius 1 is 1.12 bits per heavy atom. The molecule has 1 aromatic heterocycles. The van der Waals surface area contributed by atoms with Crippen LogP contribution in [0.3, 0.4) is 0 Å². The van der Waals surface area contributed by atoms with Crippen LogP contribution in [0.15, 0.2) is 54.7 Å². The number of aromatic nitrogens is 2. The van der Waals surface area contributed by atoms with Crippen molar-refractivity contribution in [3.63, 3.8) is 0 Å². The van der Waals surface area contributed by atoms with Crippen LogP contribution in [0.4, 0.5) is 4.39 Å². The fourth-order valence-electron chi connectivity index (χ4n) is 3.00. The lowest BCUT2D eigenvalue weighted by atomic mass is 10.0. The number of nitrogens with zero attached hydrogens (tertiary/aromatic N) is 2. The highest BCUT2D eigenvalue weighted by Crippen LogP contribution is 2.20. The quantitative estimate of drug-likeness (QED) is 0.528. The van der Waals surface area contributed by atoms with Gasteiger partial charge in [-0.05, 0) is 49.1 Å². The van der Waals surface area contributed by atoms with E-state index in [2.05, 4.69) is 5.10 Å². The zero-order chi connectivity index (χ0) is 18.5. The molecule has 0 radical (unpaired) electrons. The Hall–Kier alpha value is -2.99. The lowest BCUT2D eigenvalue weighted by Gasteiger charge is -2.11. The molecule has 0 fully saturated rings. The van der Waals surface area contributed by atoms with Gasteiger partial charge >= 0.3 is 0 Å². The Bertz CT molecular complexity index is 907. The third-order valence-corrected chi connectivity index (χ3v) is 4.44. The van der Waals surface area contributed by atoms with E-state index < -0.39 is 5.91 Å². The van der Waals surface area contributed by atoms with Gasteiger partial charge in [-0.1, -0.05) is 30.3 Å². The zero-order valence-corrected chi connectivity index (χ0v) is 14.4. The summed E-state index contributed by atoms with van der Waals surface area (Å²) in [7, 11) is 0. The van der Waals surface area contributed by atoms with Crippen LogP contribution in [0, 0.1) is 12.7 Å². The summed E-state index contributed by atoms with van der Waals surface area (Å²) in [5, 5.41) is 13.2. The van der Waals surface area contributed by atoms with Crippen LogP contribution in [0.25, 0.3) is 5.69 Å². The highest BCUT2D eigenvalue weighted by molar-refractivity contribution is 5.77. The molecule has 0 unspecified atom stereocenters. The molecule has 0 aliphatic carbocycles. The van der Waals surface area contributed by atoms with Crippen molar-refractivity contribution in [1.82, 2.24) is 15.3 Å². The number of amides is 1. The maximum Gasteiger partial charge on any atom is 0.247 e. The number of hydroxylamine groups is 1. The maximum atomic E-state index is 13.8. The van der Waals surface area contributed by atoms with Gasteiger partial charge in [0.25, 0.3) is 0 Å². The SMILES string of the molecule is Cc1c(F)cccc1CCc1c(CC(=O)NO)cnn1-c1ccccc1. The topological polar surface area (TPSA) is 67.2 Å². The van der Waals surface area contributed by atoms with Crippen molar-refractivity contribution in [2.45, 2.75) is 26.2 Å². The van der Waals surface area contributed by atoms with Gasteiger partial charge in [-0.3, -0.25) is 10.0 Å². The van der Waals surface area contributed by atoms with Crippen molar-refractivity contribution in [3.05, 3.63) is 82.9 Å². The standard InChI is InChI=1S/C20H20FN3O2/c1-14-15(6-5-9-18(14)21)10-11-19-16(12-20(25)23-26)13-22-24(19)17-7-3-2-4-8-17/h2-9,13,26H,10-12H2,1H3,(H,23,25). The van der Waals surface area contributed by atoms with E-state index in [-0.39, 0.29) is 12.2 Å². The van der Waals surface area contributed by atoms with Crippen LogP contribution >= 0.6 is 0 Å². The van der Waals surface area contributed by atoms with Gasteiger partial charge in [0.1, 0.15) is 5.82 Å². The Morgan fingerprint density at radius 2 is 1.88 bits per heavy atom. The second kappa shape index (κ2) is 7.93. The molecular weight excluding hydrogens is 333 g/mol. The van der Waals surface area contributed by atoms with E-state index in [1.807, 2.05) is 36.4 Å². The van der Waals surface area contributed by atoms with Gasteiger partial charge in [0, 0.05) is 11.3 Å². The van der Waals surface area contributed by atoms with E-state index in [1.165, 1.54) is 6.07 Å². The molecule has 5 nitrogen and oxygen atoms in total. The summed E-state index contributed by atoms with van der Waals surface area (Å²) in [5.41, 5.74) is 5.69. The summed E-state index contributed by atoms with van der Waals surface area (Å²) in [6.45, 7) is 1.76. The highest BCUT2D eigenvalue weighted by Gasteiger charge is 2.16. The lowest BCUT2D eigenvalue weighted by Crippen LogP contribution is -2.21. The molecule has 6 heteroatoms. The van der Waals surface area contributed by atoms with E-state index in [0.717, 1.165) is 22.5 Å². The molecule has 0 bridgehead atoms. The molecule has 3 aromatic rings. The first-order valence-electron chi connectivity index (χ1n) is 8.38. The molecule has 0 aliphatic heterocycles. The molecule has 1 heterocycles. The van der Waals surface area contributed by atoms with Crippen molar-refractivity contribution in [2.75, 3.05) is 0 Å². The van der Waals surface area contributed by atoms with Gasteiger partial charge in [-0.15, -0.1) is 0 Å². The van der Waals surface area contributed by atoms with E-state index in [1.54, 1.807) is 29.3 Å². The minimum atomic E-state index is -0.499. The number of hydrogen-bond donors (Lipinski definition) is 2. The summed E-state index contributed by atoms with van der Waals surface area (Å²) in [6.07, 6.45) is 2.87. The Labute approximate surface area is 151 Å². The first kappa shape index (κ1) is 17.8. The van der Waals surface area contributed by atoms with Crippen molar-refractivity contribution in [1.29, 1.82) is 0 Å². The number of carbonyl (C=O) groups is 1. The Morgan fingerprint density at radius 3 is 2.62 bits per heavy atom. The first-order valence-corrected chi connectivity index (χ1v) is 8.38. The van der Waals surface area contributed by atoms with Crippen LogP contribution < -0.4 is 5.48 Å². The van der Waals surface area contributed by atoms with Crippen molar-refractivity contribution >= 4 is 5.91 Å². The first-order chi connectivity index (χ1) is 12.6. The molecule has 0 atom stereocenters. The number of para-hydroxylation sites is 1. The second-order valence-corrected chi connectivity index (χ2v) is 6.10. The smallest absolute Gasteiger partial charge is 0.247 e. The fraction of sp³-hybridized carbons (Fsp3) is 0.200. The van der Waals surface area contributed by atoms with Crippen LogP contribution in [-0.2, 0) is 24.1 Å². The molecule has 1 amide bonds. The van der Waals surface area contributed by atoms with Crippen molar-refractivity contribution < 1.29 is 14.4 Å². The predicted octanol–water partition coefficient (Wildman–Crippen LogP) is 3.15. The number of hydrogen-bond acceptors (Lipinski definition) is 3. The Balaban J connectivity index is 1.93. The number of benzene rings is 2. The average molecular weight is 353 g/mol. The molecule has 0 spiro atoms. The predicted molar refractivity (Wildman–Crippen MR) is 95.7 cm³/mol. The third kappa shape index (κ3) is 3.81. The molecule has 134 valence electrons. The van der Waals surface area contributed by atoms with E-state index in [9.17, 15) is 9.18 Å². The van der Waals surface area contributed by atoms with Crippen LogP contribution in [0.5, 0.6) is 0 Å². The molecule has 0 saturated heterocycles. The number of halogens is 1. The largest absolute Gasteiger partial charge is 0.289 e. The van der Waals surface area contributed by atoms with Gasteiger partial charge in [-0.2, -0.15) is 5.10 Å². The average Bonchev–Trinajstić information content (AvgIpc) is 3.06. The molecule has 0 aliphatic rings. The minimum absolute atomic E-state index is 0.0286. The van der Waals surface area contributed by atoms with Crippen LogP contribution in [-0.4, -0.2) is 20.9 Å². The second-order valence-electron chi connectivity index (χ2n) is 6.10. The number of carbonyl (C=O) groups excluding carboxylic acids is 1. The molecular formula is C20H20FN3O2. The molecule has 0 saturated carbocycles. The number of nitrogens with one attached hydrogen (secondary N) is 1.